The van der Waals surface area contributed by atoms with Gasteiger partial charge in [0, 0.05) is 18.0 Å². The molecule has 11 heteroatoms. The number of hydrogen-bond acceptors (Lipinski definition) is 6. The van der Waals surface area contributed by atoms with E-state index in [0.29, 0.717) is 5.70 Å². The van der Waals surface area contributed by atoms with Crippen molar-refractivity contribution in [2.24, 2.45) is 0 Å². The van der Waals surface area contributed by atoms with Gasteiger partial charge in [0.25, 0.3) is 0 Å². The zero-order valence-corrected chi connectivity index (χ0v) is 16.7. The fourth-order valence-electron chi connectivity index (χ4n) is 3.28. The monoisotopic (exact) mass is 447 g/mol. The molecule has 1 aromatic heterocycles. The van der Waals surface area contributed by atoms with Crippen molar-refractivity contribution in [3.05, 3.63) is 66.0 Å². The Morgan fingerprint density at radius 2 is 2.03 bits per heavy atom. The number of likely N-dealkylation sites (tertiary alicyclic amines) is 1. The first-order valence-electron chi connectivity index (χ1n) is 9.83. The van der Waals surface area contributed by atoms with E-state index in [1.165, 1.54) is 17.0 Å². The van der Waals surface area contributed by atoms with Gasteiger partial charge >= 0.3 is 6.18 Å². The molecule has 2 amide bonds. The van der Waals surface area contributed by atoms with Crippen molar-refractivity contribution >= 4 is 17.5 Å². The summed E-state index contributed by atoms with van der Waals surface area (Å²) in [7, 11) is 0. The lowest BCUT2D eigenvalue weighted by Crippen LogP contribution is -2.58. The molecular formula is C21H20F3N5O3. The molecule has 0 bridgehead atoms. The molecule has 1 unspecified atom stereocenters. The number of carbonyl (C=O) groups is 2. The van der Waals surface area contributed by atoms with Crippen molar-refractivity contribution in [3.8, 4) is 5.75 Å². The summed E-state index contributed by atoms with van der Waals surface area (Å²) >= 11 is 0. The predicted octanol–water partition coefficient (Wildman–Crippen LogP) is 1.32. The molecule has 2 aliphatic rings. The minimum Gasteiger partial charge on any atom is -0.487 e. The average Bonchev–Trinajstić information content (AvgIpc) is 3.25. The minimum atomic E-state index is -4.45. The number of pyridine rings is 1. The molecule has 3 heterocycles. The maximum atomic E-state index is 12.8. The van der Waals surface area contributed by atoms with Gasteiger partial charge in [-0.1, -0.05) is 6.07 Å². The molecule has 1 atom stereocenters. The second-order valence-electron chi connectivity index (χ2n) is 7.35. The van der Waals surface area contributed by atoms with E-state index in [2.05, 4.69) is 21.2 Å². The zero-order chi connectivity index (χ0) is 22.7. The second-order valence-corrected chi connectivity index (χ2v) is 7.35. The van der Waals surface area contributed by atoms with E-state index >= 15 is 0 Å². The van der Waals surface area contributed by atoms with Gasteiger partial charge < -0.3 is 20.4 Å². The van der Waals surface area contributed by atoms with Crippen LogP contribution in [0, 0.1) is 0 Å². The van der Waals surface area contributed by atoms with Crippen LogP contribution in [0.3, 0.4) is 0 Å². The first kappa shape index (κ1) is 21.6. The van der Waals surface area contributed by atoms with Gasteiger partial charge in [-0.15, -0.1) is 0 Å². The van der Waals surface area contributed by atoms with Crippen molar-refractivity contribution < 1.29 is 27.5 Å². The van der Waals surface area contributed by atoms with Crippen LogP contribution in [-0.4, -0.2) is 53.5 Å². The molecule has 0 radical (unpaired) electrons. The van der Waals surface area contributed by atoms with Gasteiger partial charge in [-0.05, 0) is 36.4 Å². The van der Waals surface area contributed by atoms with Crippen molar-refractivity contribution in [2.75, 3.05) is 19.6 Å². The number of aromatic nitrogens is 1. The van der Waals surface area contributed by atoms with Crippen LogP contribution in [0.25, 0.3) is 5.70 Å². The molecule has 1 aromatic carbocycles. The van der Waals surface area contributed by atoms with Gasteiger partial charge in [-0.25, -0.2) is 5.43 Å². The maximum absolute atomic E-state index is 12.8. The molecule has 1 saturated heterocycles. The van der Waals surface area contributed by atoms with Crippen LogP contribution in [0.15, 0.2) is 54.9 Å². The summed E-state index contributed by atoms with van der Waals surface area (Å²) in [6, 6.07) is 7.59. The fraction of sp³-hybridized carbons (Fsp3) is 0.286. The van der Waals surface area contributed by atoms with Crippen LogP contribution < -0.4 is 20.9 Å². The molecular weight excluding hydrogens is 427 g/mol. The number of rotatable bonds is 6. The number of benzene rings is 1. The van der Waals surface area contributed by atoms with E-state index in [-0.39, 0.29) is 37.2 Å². The number of ether oxygens (including phenoxy) is 1. The molecule has 0 saturated carbocycles. The van der Waals surface area contributed by atoms with Crippen LogP contribution in [0.1, 0.15) is 11.1 Å². The summed E-state index contributed by atoms with van der Waals surface area (Å²) in [6.45, 7) is 0.280. The van der Waals surface area contributed by atoms with Gasteiger partial charge in [-0.3, -0.25) is 14.6 Å². The summed E-state index contributed by atoms with van der Waals surface area (Å²) in [5.41, 5.74) is 6.47. The van der Waals surface area contributed by atoms with Crippen LogP contribution in [-0.2, 0) is 15.8 Å². The van der Waals surface area contributed by atoms with E-state index in [0.717, 1.165) is 17.7 Å². The lowest BCUT2D eigenvalue weighted by Gasteiger charge is -2.39. The molecule has 0 spiro atoms. The van der Waals surface area contributed by atoms with Crippen LogP contribution in [0.5, 0.6) is 5.75 Å². The maximum Gasteiger partial charge on any atom is 0.416 e. The Labute approximate surface area is 181 Å². The zero-order valence-electron chi connectivity index (χ0n) is 16.7. The number of alkyl halides is 3. The molecule has 0 aliphatic carbocycles. The number of halogens is 3. The Bertz CT molecular complexity index is 1020. The molecule has 1 fully saturated rings. The third-order valence-electron chi connectivity index (χ3n) is 5.03. The fourth-order valence-corrected chi connectivity index (χ4v) is 3.28. The van der Waals surface area contributed by atoms with E-state index in [4.69, 9.17) is 4.74 Å². The minimum absolute atomic E-state index is 0.0984. The predicted molar refractivity (Wildman–Crippen MR) is 108 cm³/mol. The van der Waals surface area contributed by atoms with Crippen molar-refractivity contribution in [3.63, 3.8) is 0 Å². The highest BCUT2D eigenvalue weighted by atomic mass is 19.4. The van der Waals surface area contributed by atoms with Crippen molar-refractivity contribution in [1.29, 1.82) is 0 Å². The molecule has 8 nitrogen and oxygen atoms in total. The SMILES string of the molecule is O=C(NCC(=O)N1CC(Oc2cccc(C(F)(F)F)c2)C1)C1C=C(c2cccnc2)NN1. The Morgan fingerprint density at radius 1 is 1.22 bits per heavy atom. The largest absolute Gasteiger partial charge is 0.487 e. The number of nitrogens with one attached hydrogen (secondary N) is 3. The average molecular weight is 447 g/mol. The third-order valence-corrected chi connectivity index (χ3v) is 5.03. The highest BCUT2D eigenvalue weighted by Gasteiger charge is 2.34. The summed E-state index contributed by atoms with van der Waals surface area (Å²) in [5, 5.41) is 2.58. The second kappa shape index (κ2) is 8.87. The molecule has 3 N–H and O–H groups in total. The van der Waals surface area contributed by atoms with E-state index in [1.807, 2.05) is 6.07 Å². The summed E-state index contributed by atoms with van der Waals surface area (Å²) in [5.74, 6) is -0.576. The summed E-state index contributed by atoms with van der Waals surface area (Å²) in [6.07, 6.45) is 0.152. The van der Waals surface area contributed by atoms with Gasteiger partial charge in [0.2, 0.25) is 11.8 Å². The van der Waals surface area contributed by atoms with Gasteiger partial charge in [0.05, 0.1) is 30.9 Å². The first-order valence-corrected chi connectivity index (χ1v) is 9.83. The number of hydrogen-bond donors (Lipinski definition) is 3. The van der Waals surface area contributed by atoms with Crippen LogP contribution in [0.4, 0.5) is 13.2 Å². The van der Waals surface area contributed by atoms with Gasteiger partial charge in [0.1, 0.15) is 17.9 Å². The van der Waals surface area contributed by atoms with E-state index in [9.17, 15) is 22.8 Å². The molecule has 32 heavy (non-hydrogen) atoms. The van der Waals surface area contributed by atoms with Crippen molar-refractivity contribution in [1.82, 2.24) is 26.1 Å². The van der Waals surface area contributed by atoms with E-state index in [1.54, 1.807) is 24.5 Å². The highest BCUT2D eigenvalue weighted by Crippen LogP contribution is 2.32. The quantitative estimate of drug-likeness (QED) is 0.619. The molecule has 2 aromatic rings. The van der Waals surface area contributed by atoms with Gasteiger partial charge in [-0.2, -0.15) is 13.2 Å². The molecule has 168 valence electrons. The topological polar surface area (TPSA) is 95.6 Å². The number of carbonyl (C=O) groups excluding carboxylic acids is 2. The Hall–Kier alpha value is -3.60. The van der Waals surface area contributed by atoms with Gasteiger partial charge in [0.15, 0.2) is 0 Å². The van der Waals surface area contributed by atoms with Crippen LogP contribution >= 0.6 is 0 Å². The smallest absolute Gasteiger partial charge is 0.416 e. The standard InChI is InChI=1S/C21H20F3N5O3/c22-21(23,24)14-4-1-5-15(7-14)32-16-11-29(12-16)19(30)10-26-20(31)18-8-17(27-28-18)13-3-2-6-25-9-13/h1-9,16,18,27-28H,10-12H2,(H,26,31). The molecule has 2 aliphatic heterocycles. The first-order chi connectivity index (χ1) is 15.3. The van der Waals surface area contributed by atoms with Crippen LogP contribution in [0.2, 0.25) is 0 Å². The Balaban J connectivity index is 1.21. The van der Waals surface area contributed by atoms with E-state index < -0.39 is 23.9 Å². The summed E-state index contributed by atoms with van der Waals surface area (Å²) in [4.78, 5) is 30.1. The number of amides is 2. The Kier molecular flexibility index (Phi) is 5.99. The number of nitrogens with zero attached hydrogens (tertiary/aromatic N) is 2. The third kappa shape index (κ3) is 4.99. The Morgan fingerprint density at radius 3 is 2.75 bits per heavy atom. The van der Waals surface area contributed by atoms with Crippen molar-refractivity contribution in [2.45, 2.75) is 18.3 Å². The lowest BCUT2D eigenvalue weighted by atomic mass is 10.1. The number of hydrazine groups is 1. The lowest BCUT2D eigenvalue weighted by molar-refractivity contribution is -0.140. The normalized spacial score (nSPS) is 18.4. The molecule has 4 rings (SSSR count). The summed E-state index contributed by atoms with van der Waals surface area (Å²) < 4.78 is 43.9. The highest BCUT2D eigenvalue weighted by molar-refractivity contribution is 5.91.